The van der Waals surface area contributed by atoms with E-state index in [1.54, 1.807) is 10.7 Å². The molecule has 0 amide bonds. The average Bonchev–Trinajstić information content (AvgIpc) is 2.48. The molecule has 0 saturated heterocycles. The van der Waals surface area contributed by atoms with E-state index < -0.39 is 10.8 Å². The van der Waals surface area contributed by atoms with E-state index in [0.717, 1.165) is 18.5 Å². The van der Waals surface area contributed by atoms with Crippen molar-refractivity contribution in [3.63, 3.8) is 0 Å². The molecular weight excluding hydrogens is 212 g/mol. The van der Waals surface area contributed by atoms with Gasteiger partial charge in [-0.2, -0.15) is 0 Å². The highest BCUT2D eigenvalue weighted by Crippen LogP contribution is 1.99. The molecule has 1 aromatic heterocycles. The molecule has 0 saturated carbocycles. The van der Waals surface area contributed by atoms with E-state index in [9.17, 15) is 9.00 Å². The van der Waals surface area contributed by atoms with Gasteiger partial charge in [0.15, 0.2) is 0 Å². The Balaban J connectivity index is 2.66. The zero-order valence-electron chi connectivity index (χ0n) is 9.28. The molecule has 0 aromatic carbocycles. The van der Waals surface area contributed by atoms with Crippen molar-refractivity contribution in [2.24, 2.45) is 0 Å². The number of rotatable bonds is 6. The Hall–Kier alpha value is -0.840. The molecule has 0 radical (unpaired) electrons. The van der Waals surface area contributed by atoms with Crippen LogP contribution in [0.15, 0.2) is 10.9 Å². The van der Waals surface area contributed by atoms with E-state index in [1.807, 2.05) is 13.8 Å². The topological polar surface area (TPSA) is 54.9 Å². The number of H-pyrrole nitrogens is 1. The summed E-state index contributed by atoms with van der Waals surface area (Å²) in [6, 6.07) is 1.54. The molecular formula is C10H18N2O2S. The molecule has 1 aromatic rings. The molecule has 1 rings (SSSR count). The van der Waals surface area contributed by atoms with Crippen LogP contribution in [0, 0.1) is 0 Å². The summed E-state index contributed by atoms with van der Waals surface area (Å²) < 4.78 is 13.0. The SMILES string of the molecule is CCCn1[nH]c(CS(=O)CCC)cc1=O. The van der Waals surface area contributed by atoms with Gasteiger partial charge in [-0.1, -0.05) is 13.8 Å². The monoisotopic (exact) mass is 230 g/mol. The lowest BCUT2D eigenvalue weighted by Gasteiger charge is -1.99. The minimum Gasteiger partial charge on any atom is -0.299 e. The van der Waals surface area contributed by atoms with Crippen molar-refractivity contribution < 1.29 is 4.21 Å². The molecule has 0 aliphatic heterocycles. The van der Waals surface area contributed by atoms with Crippen molar-refractivity contribution in [2.45, 2.75) is 39.0 Å². The highest BCUT2D eigenvalue weighted by molar-refractivity contribution is 7.84. The summed E-state index contributed by atoms with van der Waals surface area (Å²) in [7, 11) is -0.853. The van der Waals surface area contributed by atoms with Crippen molar-refractivity contribution in [3.05, 3.63) is 22.1 Å². The third-order valence-corrected chi connectivity index (χ3v) is 3.53. The first kappa shape index (κ1) is 12.2. The molecule has 0 fully saturated rings. The Morgan fingerprint density at radius 3 is 2.73 bits per heavy atom. The van der Waals surface area contributed by atoms with Crippen molar-refractivity contribution >= 4 is 10.8 Å². The number of aromatic nitrogens is 2. The van der Waals surface area contributed by atoms with Crippen LogP contribution in [0.25, 0.3) is 0 Å². The standard InChI is InChI=1S/C10H18N2O2S/c1-3-5-12-10(13)7-9(11-12)8-15(14)6-4-2/h7,11H,3-6,8H2,1-2H3. The Bertz CT molecular complexity index is 381. The van der Waals surface area contributed by atoms with Gasteiger partial charge in [0.05, 0.1) is 5.75 Å². The lowest BCUT2D eigenvalue weighted by Crippen LogP contribution is -2.15. The average molecular weight is 230 g/mol. The van der Waals surface area contributed by atoms with E-state index in [4.69, 9.17) is 0 Å². The second-order valence-electron chi connectivity index (χ2n) is 3.56. The first-order valence-corrected chi connectivity index (χ1v) is 6.79. The molecule has 0 aliphatic rings. The van der Waals surface area contributed by atoms with E-state index in [-0.39, 0.29) is 5.56 Å². The van der Waals surface area contributed by atoms with Crippen molar-refractivity contribution in [2.75, 3.05) is 5.75 Å². The third kappa shape index (κ3) is 3.66. The molecule has 86 valence electrons. The summed E-state index contributed by atoms with van der Waals surface area (Å²) in [5, 5.41) is 2.98. The minimum absolute atomic E-state index is 0.0275. The summed E-state index contributed by atoms with van der Waals surface area (Å²) in [5.74, 6) is 1.15. The zero-order chi connectivity index (χ0) is 11.3. The maximum atomic E-state index is 11.5. The van der Waals surface area contributed by atoms with Gasteiger partial charge in [0.1, 0.15) is 0 Å². The summed E-state index contributed by atoms with van der Waals surface area (Å²) in [6.45, 7) is 4.71. The van der Waals surface area contributed by atoms with Gasteiger partial charge in [0.2, 0.25) is 0 Å². The van der Waals surface area contributed by atoms with Gasteiger partial charge in [-0.15, -0.1) is 0 Å². The minimum atomic E-state index is -0.853. The predicted octanol–water partition coefficient (Wildman–Crippen LogP) is 1.25. The molecule has 0 aliphatic carbocycles. The largest absolute Gasteiger partial charge is 0.299 e. The van der Waals surface area contributed by atoms with Crippen LogP contribution in [-0.4, -0.2) is 19.7 Å². The Morgan fingerprint density at radius 2 is 2.13 bits per heavy atom. The first-order chi connectivity index (χ1) is 7.17. The van der Waals surface area contributed by atoms with Crippen LogP contribution >= 0.6 is 0 Å². The van der Waals surface area contributed by atoms with Crippen LogP contribution in [0.4, 0.5) is 0 Å². The second kappa shape index (κ2) is 5.90. The summed E-state index contributed by atoms with van der Waals surface area (Å²) >= 11 is 0. The summed E-state index contributed by atoms with van der Waals surface area (Å²) in [6.07, 6.45) is 1.82. The third-order valence-electron chi connectivity index (χ3n) is 2.04. The van der Waals surface area contributed by atoms with Crippen LogP contribution in [0.5, 0.6) is 0 Å². The second-order valence-corrected chi connectivity index (χ2v) is 5.14. The van der Waals surface area contributed by atoms with E-state index in [1.165, 1.54) is 0 Å². The molecule has 5 heteroatoms. The van der Waals surface area contributed by atoms with Gasteiger partial charge in [-0.3, -0.25) is 18.8 Å². The van der Waals surface area contributed by atoms with Gasteiger partial charge < -0.3 is 0 Å². The summed E-state index contributed by atoms with van der Waals surface area (Å²) in [4.78, 5) is 11.4. The number of hydrogen-bond donors (Lipinski definition) is 1. The van der Waals surface area contributed by atoms with Crippen LogP contribution in [0.1, 0.15) is 32.4 Å². The summed E-state index contributed by atoms with van der Waals surface area (Å²) in [5.41, 5.74) is 0.751. The number of nitrogens with zero attached hydrogens (tertiary/aromatic N) is 1. The number of nitrogens with one attached hydrogen (secondary N) is 1. The number of hydrogen-bond acceptors (Lipinski definition) is 2. The molecule has 4 nitrogen and oxygen atoms in total. The zero-order valence-corrected chi connectivity index (χ0v) is 10.1. The smallest absolute Gasteiger partial charge is 0.266 e. The molecule has 0 spiro atoms. The van der Waals surface area contributed by atoms with Gasteiger partial charge in [0, 0.05) is 34.9 Å². The highest BCUT2D eigenvalue weighted by Gasteiger charge is 2.05. The molecule has 1 N–H and O–H groups in total. The lowest BCUT2D eigenvalue weighted by molar-refractivity contribution is 0.580. The van der Waals surface area contributed by atoms with Gasteiger partial charge in [-0.25, -0.2) is 0 Å². The van der Waals surface area contributed by atoms with Crippen LogP contribution in [0.2, 0.25) is 0 Å². The van der Waals surface area contributed by atoms with Crippen molar-refractivity contribution in [1.29, 1.82) is 0 Å². The Labute approximate surface area is 92.1 Å². The predicted molar refractivity (Wildman–Crippen MR) is 62.3 cm³/mol. The molecule has 0 bridgehead atoms. The normalized spacial score (nSPS) is 12.9. The quantitative estimate of drug-likeness (QED) is 0.799. The fourth-order valence-corrected chi connectivity index (χ4v) is 2.52. The number of aryl methyl sites for hydroxylation is 1. The molecule has 15 heavy (non-hydrogen) atoms. The first-order valence-electron chi connectivity index (χ1n) is 5.31. The van der Waals surface area contributed by atoms with Crippen LogP contribution in [-0.2, 0) is 23.1 Å². The van der Waals surface area contributed by atoms with Gasteiger partial charge in [0.25, 0.3) is 5.56 Å². The van der Waals surface area contributed by atoms with Gasteiger partial charge in [-0.05, 0) is 12.8 Å². The molecule has 1 heterocycles. The Kier molecular flexibility index (Phi) is 4.81. The van der Waals surface area contributed by atoms with Crippen LogP contribution < -0.4 is 5.56 Å². The Morgan fingerprint density at radius 1 is 1.40 bits per heavy atom. The van der Waals surface area contributed by atoms with E-state index in [2.05, 4.69) is 5.10 Å². The van der Waals surface area contributed by atoms with E-state index in [0.29, 0.717) is 18.1 Å². The van der Waals surface area contributed by atoms with E-state index >= 15 is 0 Å². The fourth-order valence-electron chi connectivity index (χ4n) is 1.42. The highest BCUT2D eigenvalue weighted by atomic mass is 32.2. The molecule has 1 atom stereocenters. The lowest BCUT2D eigenvalue weighted by atomic mass is 10.5. The van der Waals surface area contributed by atoms with Gasteiger partial charge >= 0.3 is 0 Å². The maximum absolute atomic E-state index is 11.5. The fraction of sp³-hybridized carbons (Fsp3) is 0.700. The maximum Gasteiger partial charge on any atom is 0.266 e. The van der Waals surface area contributed by atoms with Crippen LogP contribution in [0.3, 0.4) is 0 Å². The molecule has 1 unspecified atom stereocenters. The number of aromatic amines is 1. The van der Waals surface area contributed by atoms with Crippen molar-refractivity contribution in [3.8, 4) is 0 Å². The van der Waals surface area contributed by atoms with Crippen molar-refractivity contribution in [1.82, 2.24) is 9.78 Å².